The Morgan fingerprint density at radius 2 is 1.81 bits per heavy atom. The Bertz CT molecular complexity index is 735. The molecule has 3 N–H and O–H groups in total. The van der Waals surface area contributed by atoms with Crippen LogP contribution in [0.5, 0.6) is 0 Å². The average molecular weight is 445 g/mol. The summed E-state index contributed by atoms with van der Waals surface area (Å²) in [6.45, 7) is 8.84. The summed E-state index contributed by atoms with van der Waals surface area (Å²) in [4.78, 5) is 37.3. The molecule has 0 aliphatic heterocycles. The van der Waals surface area contributed by atoms with Crippen LogP contribution in [0.1, 0.15) is 57.1 Å². The highest BCUT2D eigenvalue weighted by atomic mass is 16.5. The van der Waals surface area contributed by atoms with E-state index in [9.17, 15) is 14.4 Å². The highest BCUT2D eigenvalue weighted by molar-refractivity contribution is 5.86. The van der Waals surface area contributed by atoms with Gasteiger partial charge in [-0.3, -0.25) is 14.4 Å². The first-order valence-corrected chi connectivity index (χ1v) is 11.0. The highest BCUT2D eigenvalue weighted by Gasteiger charge is 2.25. The maximum atomic E-state index is 13.0. The first-order valence-electron chi connectivity index (χ1n) is 11.0. The zero-order valence-electron chi connectivity index (χ0n) is 18.9. The molecule has 1 rings (SSSR count). The molecule has 7 heteroatoms. The summed E-state index contributed by atoms with van der Waals surface area (Å²) < 4.78 is 5.42. The van der Waals surface area contributed by atoms with Gasteiger partial charge in [0.15, 0.2) is 0 Å². The van der Waals surface area contributed by atoms with Crippen LogP contribution in [-0.4, -0.2) is 42.1 Å². The molecule has 0 aromatic heterocycles. The third-order valence-electron chi connectivity index (χ3n) is 4.90. The van der Waals surface area contributed by atoms with Gasteiger partial charge in [0.05, 0.1) is 18.6 Å². The molecule has 0 bridgehead atoms. The predicted molar refractivity (Wildman–Crippen MR) is 125 cm³/mol. The summed E-state index contributed by atoms with van der Waals surface area (Å²) in [5.74, 6) is -1.59. The van der Waals surface area contributed by atoms with Crippen LogP contribution >= 0.6 is 0 Å². The molecule has 1 aromatic rings. The molecule has 1 aromatic carbocycles. The maximum absolute atomic E-state index is 13.0. The van der Waals surface area contributed by atoms with Crippen molar-refractivity contribution < 1.29 is 24.2 Å². The van der Waals surface area contributed by atoms with E-state index in [0.717, 1.165) is 24.8 Å². The van der Waals surface area contributed by atoms with Crippen molar-refractivity contribution in [1.29, 1.82) is 0 Å². The molecule has 0 radical (unpaired) electrons. The number of carbonyl (C=O) groups excluding carboxylic acids is 3. The lowest BCUT2D eigenvalue weighted by atomic mass is 9.98. The van der Waals surface area contributed by atoms with Gasteiger partial charge in [-0.1, -0.05) is 42.5 Å². The van der Waals surface area contributed by atoms with E-state index < -0.39 is 18.0 Å². The lowest BCUT2D eigenvalue weighted by Crippen LogP contribution is -2.40. The quantitative estimate of drug-likeness (QED) is 0.206. The van der Waals surface area contributed by atoms with E-state index in [-0.39, 0.29) is 37.4 Å². The summed E-state index contributed by atoms with van der Waals surface area (Å²) in [5.41, 5.74) is 0.802. The van der Waals surface area contributed by atoms with Crippen molar-refractivity contribution >= 4 is 17.8 Å². The molecular weight excluding hydrogens is 408 g/mol. The fourth-order valence-electron chi connectivity index (χ4n) is 3.09. The molecule has 0 saturated carbocycles. The molecule has 0 aliphatic rings. The summed E-state index contributed by atoms with van der Waals surface area (Å²) in [6.07, 6.45) is 6.44. The van der Waals surface area contributed by atoms with Crippen LogP contribution in [0.25, 0.3) is 0 Å². The fourth-order valence-corrected chi connectivity index (χ4v) is 3.09. The second-order valence-electron chi connectivity index (χ2n) is 7.77. The zero-order valence-corrected chi connectivity index (χ0v) is 18.9. The molecule has 0 spiro atoms. The lowest BCUT2D eigenvalue weighted by Gasteiger charge is -2.23. The van der Waals surface area contributed by atoms with E-state index in [1.54, 1.807) is 13.0 Å². The number of esters is 1. The van der Waals surface area contributed by atoms with Gasteiger partial charge in [0.1, 0.15) is 6.61 Å². The van der Waals surface area contributed by atoms with Gasteiger partial charge in [-0.25, -0.2) is 0 Å². The van der Waals surface area contributed by atoms with Crippen LogP contribution in [0.15, 0.2) is 55.6 Å². The number of amides is 2. The minimum atomic E-state index is -0.626. The average Bonchev–Trinajstić information content (AvgIpc) is 2.79. The second kappa shape index (κ2) is 15.8. The van der Waals surface area contributed by atoms with Crippen molar-refractivity contribution in [2.75, 3.05) is 13.2 Å². The number of nitrogens with one attached hydrogen (secondary N) is 2. The molecule has 0 fully saturated rings. The van der Waals surface area contributed by atoms with Crippen LogP contribution in [0, 0.1) is 5.92 Å². The van der Waals surface area contributed by atoms with Crippen LogP contribution in [0.4, 0.5) is 0 Å². The number of unbranched alkanes of at least 4 members (excludes halogenated alkanes) is 2. The van der Waals surface area contributed by atoms with Crippen molar-refractivity contribution in [1.82, 2.24) is 10.6 Å². The van der Waals surface area contributed by atoms with Crippen LogP contribution in [0.2, 0.25) is 0 Å². The Hall–Kier alpha value is -2.93. The number of hydrogen-bond acceptors (Lipinski definition) is 5. The monoisotopic (exact) mass is 444 g/mol. The Morgan fingerprint density at radius 1 is 1.09 bits per heavy atom. The van der Waals surface area contributed by atoms with E-state index in [0.29, 0.717) is 12.8 Å². The summed E-state index contributed by atoms with van der Waals surface area (Å²) in [7, 11) is 0. The molecular formula is C25H36N2O5. The number of benzene rings is 1. The van der Waals surface area contributed by atoms with Gasteiger partial charge in [0.25, 0.3) is 0 Å². The third-order valence-corrected chi connectivity index (χ3v) is 4.90. The molecule has 3 atom stereocenters. The molecule has 176 valence electrons. The second-order valence-corrected chi connectivity index (χ2v) is 7.77. The Kier molecular flexibility index (Phi) is 13.4. The van der Waals surface area contributed by atoms with Gasteiger partial charge < -0.3 is 20.5 Å². The van der Waals surface area contributed by atoms with E-state index in [1.165, 1.54) is 0 Å². The molecule has 0 aliphatic carbocycles. The smallest absolute Gasteiger partial charge is 0.305 e. The van der Waals surface area contributed by atoms with Crippen molar-refractivity contribution in [3.05, 3.63) is 61.2 Å². The van der Waals surface area contributed by atoms with Crippen molar-refractivity contribution in [3.63, 3.8) is 0 Å². The van der Waals surface area contributed by atoms with Crippen LogP contribution < -0.4 is 10.6 Å². The number of carbonyl (C=O) groups is 3. The normalized spacial score (nSPS) is 13.3. The van der Waals surface area contributed by atoms with Gasteiger partial charge in [-0.15, -0.1) is 13.2 Å². The van der Waals surface area contributed by atoms with E-state index in [1.807, 2.05) is 36.4 Å². The third kappa shape index (κ3) is 10.9. The van der Waals surface area contributed by atoms with Crippen molar-refractivity contribution in [2.45, 2.75) is 57.5 Å². The molecule has 0 saturated heterocycles. The highest BCUT2D eigenvalue weighted by Crippen LogP contribution is 2.17. The van der Waals surface area contributed by atoms with Crippen LogP contribution in [-0.2, 0) is 19.1 Å². The summed E-state index contributed by atoms with van der Waals surface area (Å²) in [6, 6.07) is 8.32. The number of aliphatic hydroxyl groups excluding tert-OH is 1. The molecule has 2 amide bonds. The first-order chi connectivity index (χ1) is 15.4. The lowest BCUT2D eigenvalue weighted by molar-refractivity contribution is -0.145. The van der Waals surface area contributed by atoms with Crippen molar-refractivity contribution in [3.8, 4) is 0 Å². The van der Waals surface area contributed by atoms with Gasteiger partial charge >= 0.3 is 5.97 Å². The molecule has 32 heavy (non-hydrogen) atoms. The molecule has 0 unspecified atom stereocenters. The Morgan fingerprint density at radius 3 is 2.44 bits per heavy atom. The number of allylic oxidation sites excluding steroid dienone is 2. The van der Waals surface area contributed by atoms with Gasteiger partial charge in [0, 0.05) is 18.9 Å². The van der Waals surface area contributed by atoms with E-state index in [4.69, 9.17) is 9.84 Å². The SMILES string of the molecule is C=CCCCCC(=O)OC[C@H](NC(=O)[C@H](CC=C)CC(=O)N[C@H](C)CO)c1ccccc1. The first kappa shape index (κ1) is 27.1. The number of ether oxygens (including phenoxy) is 1. The Balaban J connectivity index is 2.78. The number of hydrogen-bond donors (Lipinski definition) is 3. The standard InChI is InChI=1S/C25H36N2O5/c1-4-6-7-11-15-24(30)32-18-22(20-13-9-8-10-14-20)27-25(31)21(12-5-2)16-23(29)26-19(3)17-28/h4-5,8-10,13-14,19,21-22,28H,1-2,6-7,11-12,15-18H2,3H3,(H,26,29)(H,27,31)/t19-,21-,22+/m1/s1. The molecule has 7 nitrogen and oxygen atoms in total. The Labute approximate surface area is 190 Å². The minimum Gasteiger partial charge on any atom is -0.463 e. The summed E-state index contributed by atoms with van der Waals surface area (Å²) >= 11 is 0. The summed E-state index contributed by atoms with van der Waals surface area (Å²) in [5, 5.41) is 14.7. The topological polar surface area (TPSA) is 105 Å². The number of rotatable bonds is 16. The number of aliphatic hydroxyl groups is 1. The minimum absolute atomic E-state index is 0.00456. The largest absolute Gasteiger partial charge is 0.463 e. The predicted octanol–water partition coefficient (Wildman–Crippen LogP) is 3.21. The zero-order chi connectivity index (χ0) is 23.8. The molecule has 0 heterocycles. The fraction of sp³-hybridized carbons (Fsp3) is 0.480. The maximum Gasteiger partial charge on any atom is 0.305 e. The van der Waals surface area contributed by atoms with Gasteiger partial charge in [-0.2, -0.15) is 0 Å². The van der Waals surface area contributed by atoms with Gasteiger partial charge in [-0.05, 0) is 38.2 Å². The van der Waals surface area contributed by atoms with Crippen molar-refractivity contribution in [2.24, 2.45) is 5.92 Å². The van der Waals surface area contributed by atoms with E-state index in [2.05, 4.69) is 23.8 Å². The van der Waals surface area contributed by atoms with E-state index >= 15 is 0 Å². The van der Waals surface area contributed by atoms with Crippen LogP contribution in [0.3, 0.4) is 0 Å². The van der Waals surface area contributed by atoms with Gasteiger partial charge in [0.2, 0.25) is 11.8 Å².